The van der Waals surface area contributed by atoms with Gasteiger partial charge in [-0.3, -0.25) is 19.5 Å². The summed E-state index contributed by atoms with van der Waals surface area (Å²) in [4.78, 5) is 44.4. The lowest BCUT2D eigenvalue weighted by atomic mass is 9.95. The molecule has 3 aromatic rings. The Morgan fingerprint density at radius 3 is 2.34 bits per heavy atom. The fourth-order valence-electron chi connectivity index (χ4n) is 4.08. The van der Waals surface area contributed by atoms with Gasteiger partial charge in [-0.2, -0.15) is 0 Å². The fourth-order valence-corrected chi connectivity index (χ4v) is 4.08. The number of hydrogen-bond acceptors (Lipinski definition) is 6. The Hall–Kier alpha value is -4.26. The molecule has 0 aliphatic carbocycles. The number of amides is 1. The molecule has 0 saturated carbocycles. The van der Waals surface area contributed by atoms with Crippen LogP contribution in [0.5, 0.6) is 0 Å². The largest absolute Gasteiger partial charge is 0.507 e. The molecular weight excluding hydrogens is 444 g/mol. The number of carbonyl (C=O) groups excluding carboxylic acids is 3. The number of aliphatic hydroxyl groups excluding tert-OH is 1. The van der Waals surface area contributed by atoms with Crippen molar-refractivity contribution in [3.63, 3.8) is 0 Å². The maximum atomic E-state index is 13.3. The average molecular weight is 471 g/mol. The predicted octanol–water partition coefficient (Wildman–Crippen LogP) is 4.84. The van der Waals surface area contributed by atoms with E-state index in [9.17, 15) is 19.5 Å². The van der Waals surface area contributed by atoms with Crippen molar-refractivity contribution in [2.24, 2.45) is 0 Å². The molecule has 1 N–H and O–H groups in total. The highest BCUT2D eigenvalue weighted by molar-refractivity contribution is 6.51. The van der Waals surface area contributed by atoms with E-state index in [4.69, 9.17) is 4.74 Å². The molecule has 1 aliphatic rings. The SMILES string of the molecule is CCc1ccc(/C(O)=C2\C(=O)C(=O)N(c3cccc(C(=O)OC(C)C)c3)C2c2ccncc2)cc1. The van der Waals surface area contributed by atoms with Crippen molar-refractivity contribution in [3.05, 3.63) is 101 Å². The Kier molecular flexibility index (Phi) is 6.78. The van der Waals surface area contributed by atoms with Gasteiger partial charge in [-0.15, -0.1) is 0 Å². The van der Waals surface area contributed by atoms with Gasteiger partial charge >= 0.3 is 5.97 Å². The molecule has 1 amide bonds. The average Bonchev–Trinajstić information content (AvgIpc) is 3.14. The predicted molar refractivity (Wildman–Crippen MR) is 132 cm³/mol. The normalized spacial score (nSPS) is 17.1. The van der Waals surface area contributed by atoms with Crippen LogP contribution in [0.4, 0.5) is 5.69 Å². The van der Waals surface area contributed by atoms with Gasteiger partial charge in [0, 0.05) is 23.6 Å². The Morgan fingerprint density at radius 2 is 1.71 bits per heavy atom. The molecule has 1 unspecified atom stereocenters. The van der Waals surface area contributed by atoms with Crippen LogP contribution in [-0.4, -0.2) is 33.9 Å². The summed E-state index contributed by atoms with van der Waals surface area (Å²) in [6.07, 6.45) is 3.64. The number of ether oxygens (including phenoxy) is 1. The maximum absolute atomic E-state index is 13.3. The van der Waals surface area contributed by atoms with Crippen molar-refractivity contribution >= 4 is 29.1 Å². The zero-order valence-corrected chi connectivity index (χ0v) is 19.8. The summed E-state index contributed by atoms with van der Waals surface area (Å²) in [5, 5.41) is 11.2. The molecular formula is C28H26N2O5. The van der Waals surface area contributed by atoms with Gasteiger partial charge in [-0.25, -0.2) is 4.79 Å². The summed E-state index contributed by atoms with van der Waals surface area (Å²) in [5.41, 5.74) is 2.68. The molecule has 1 atom stereocenters. The minimum Gasteiger partial charge on any atom is -0.507 e. The quantitative estimate of drug-likeness (QED) is 0.240. The van der Waals surface area contributed by atoms with Gasteiger partial charge in [0.1, 0.15) is 5.76 Å². The van der Waals surface area contributed by atoms with Crippen molar-refractivity contribution in [2.75, 3.05) is 4.90 Å². The van der Waals surface area contributed by atoms with Gasteiger partial charge in [0.15, 0.2) is 0 Å². The molecule has 1 aromatic heterocycles. The first-order chi connectivity index (χ1) is 16.8. The Morgan fingerprint density at radius 1 is 1.03 bits per heavy atom. The Labute approximate surface area is 203 Å². The van der Waals surface area contributed by atoms with E-state index in [1.165, 1.54) is 11.0 Å². The minimum absolute atomic E-state index is 0.0272. The van der Waals surface area contributed by atoms with Crippen LogP contribution < -0.4 is 4.90 Å². The number of anilines is 1. The van der Waals surface area contributed by atoms with Crippen LogP contribution in [0, 0.1) is 0 Å². The maximum Gasteiger partial charge on any atom is 0.338 e. The first-order valence-electron chi connectivity index (χ1n) is 11.4. The summed E-state index contributed by atoms with van der Waals surface area (Å²) >= 11 is 0. The number of benzene rings is 2. The number of carbonyl (C=O) groups is 3. The molecule has 7 heteroatoms. The zero-order chi connectivity index (χ0) is 25.1. The van der Waals surface area contributed by atoms with Crippen molar-refractivity contribution < 1.29 is 24.2 Å². The molecule has 1 saturated heterocycles. The van der Waals surface area contributed by atoms with Crippen LogP contribution in [0.3, 0.4) is 0 Å². The number of Topliss-reactive ketones (excluding diaryl/α,β-unsaturated/α-hetero) is 1. The van der Waals surface area contributed by atoms with E-state index in [1.54, 1.807) is 68.7 Å². The van der Waals surface area contributed by atoms with Crippen LogP contribution in [-0.2, 0) is 20.7 Å². The van der Waals surface area contributed by atoms with Crippen LogP contribution in [0.25, 0.3) is 5.76 Å². The number of pyridine rings is 1. The van der Waals surface area contributed by atoms with E-state index < -0.39 is 23.7 Å². The van der Waals surface area contributed by atoms with Crippen molar-refractivity contribution in [1.29, 1.82) is 0 Å². The van der Waals surface area contributed by atoms with Crippen molar-refractivity contribution in [1.82, 2.24) is 4.98 Å². The first-order valence-corrected chi connectivity index (χ1v) is 11.4. The molecule has 178 valence electrons. The van der Waals surface area contributed by atoms with Gasteiger partial charge in [0.2, 0.25) is 0 Å². The topological polar surface area (TPSA) is 96.8 Å². The van der Waals surface area contributed by atoms with Gasteiger partial charge in [0.25, 0.3) is 11.7 Å². The summed E-state index contributed by atoms with van der Waals surface area (Å²) in [6, 6.07) is 16.0. The summed E-state index contributed by atoms with van der Waals surface area (Å²) < 4.78 is 5.28. The molecule has 0 radical (unpaired) electrons. The fraction of sp³-hybridized carbons (Fsp3) is 0.214. The number of nitrogens with zero attached hydrogens (tertiary/aromatic N) is 2. The molecule has 2 aromatic carbocycles. The van der Waals surface area contributed by atoms with E-state index >= 15 is 0 Å². The lowest BCUT2D eigenvalue weighted by molar-refractivity contribution is -0.132. The third-order valence-electron chi connectivity index (χ3n) is 5.80. The third kappa shape index (κ3) is 4.71. The standard InChI is InChI=1S/C28H26N2O5/c1-4-18-8-10-20(11-9-18)25(31)23-24(19-12-14-29-15-13-19)30(27(33)26(23)32)22-7-5-6-21(16-22)28(34)35-17(2)3/h5-17,24,31H,4H2,1-3H3/b25-23+. The first kappa shape index (κ1) is 23.9. The second kappa shape index (κ2) is 9.93. The third-order valence-corrected chi connectivity index (χ3v) is 5.80. The second-order valence-electron chi connectivity index (χ2n) is 8.50. The van der Waals surface area contributed by atoms with Crippen LogP contribution in [0.1, 0.15) is 53.9 Å². The van der Waals surface area contributed by atoms with Gasteiger partial charge in [0.05, 0.1) is 23.3 Å². The number of hydrogen-bond donors (Lipinski definition) is 1. The minimum atomic E-state index is -0.903. The molecule has 2 heterocycles. The molecule has 7 nitrogen and oxygen atoms in total. The van der Waals surface area contributed by atoms with Gasteiger partial charge in [-0.05, 0) is 61.7 Å². The second-order valence-corrected chi connectivity index (χ2v) is 8.50. The van der Waals surface area contributed by atoms with E-state index in [2.05, 4.69) is 4.98 Å². The number of esters is 1. The summed E-state index contributed by atoms with van der Waals surface area (Å²) in [5.74, 6) is -2.40. The number of aromatic nitrogens is 1. The molecule has 0 spiro atoms. The summed E-state index contributed by atoms with van der Waals surface area (Å²) in [7, 11) is 0. The van der Waals surface area contributed by atoms with Crippen LogP contribution in [0.15, 0.2) is 78.6 Å². The number of rotatable bonds is 6. The molecule has 1 fully saturated rings. The van der Waals surface area contributed by atoms with E-state index in [0.717, 1.165) is 12.0 Å². The number of aliphatic hydroxyl groups is 1. The summed E-state index contributed by atoms with van der Waals surface area (Å²) in [6.45, 7) is 5.52. The molecule has 35 heavy (non-hydrogen) atoms. The van der Waals surface area contributed by atoms with E-state index in [0.29, 0.717) is 16.8 Å². The highest BCUT2D eigenvalue weighted by atomic mass is 16.5. The highest BCUT2D eigenvalue weighted by Crippen LogP contribution is 2.42. The number of ketones is 1. The number of aryl methyl sites for hydroxylation is 1. The van der Waals surface area contributed by atoms with Crippen molar-refractivity contribution in [3.8, 4) is 0 Å². The molecule has 4 rings (SSSR count). The van der Waals surface area contributed by atoms with E-state index in [-0.39, 0.29) is 23.0 Å². The lowest BCUT2D eigenvalue weighted by Gasteiger charge is -2.25. The monoisotopic (exact) mass is 470 g/mol. The zero-order valence-electron chi connectivity index (χ0n) is 19.8. The molecule has 1 aliphatic heterocycles. The van der Waals surface area contributed by atoms with Crippen LogP contribution in [0.2, 0.25) is 0 Å². The van der Waals surface area contributed by atoms with Crippen molar-refractivity contribution in [2.45, 2.75) is 39.3 Å². The van der Waals surface area contributed by atoms with E-state index in [1.807, 2.05) is 19.1 Å². The highest BCUT2D eigenvalue weighted by Gasteiger charge is 2.47. The van der Waals surface area contributed by atoms with Gasteiger partial charge in [-0.1, -0.05) is 37.3 Å². The lowest BCUT2D eigenvalue weighted by Crippen LogP contribution is -2.29. The molecule has 0 bridgehead atoms. The van der Waals surface area contributed by atoms with Crippen LogP contribution >= 0.6 is 0 Å². The smallest absolute Gasteiger partial charge is 0.338 e. The Balaban J connectivity index is 1.86. The Bertz CT molecular complexity index is 1300. The van der Waals surface area contributed by atoms with Gasteiger partial charge < -0.3 is 9.84 Å².